The molecule has 0 aliphatic carbocycles. The van der Waals surface area contributed by atoms with E-state index in [2.05, 4.69) is 44.7 Å². The van der Waals surface area contributed by atoms with Crippen molar-refractivity contribution in [3.63, 3.8) is 0 Å². The van der Waals surface area contributed by atoms with Gasteiger partial charge < -0.3 is 5.32 Å². The zero-order chi connectivity index (χ0) is 25.2. The van der Waals surface area contributed by atoms with Gasteiger partial charge in [0.25, 0.3) is 5.56 Å². The third-order valence-electron chi connectivity index (χ3n) is 7.05. The van der Waals surface area contributed by atoms with Gasteiger partial charge in [-0.1, -0.05) is 42.5 Å². The molecule has 0 saturated heterocycles. The molecule has 0 spiro atoms. The molecule has 0 radical (unpaired) electrons. The number of nitrogens with zero attached hydrogens (tertiary/aromatic N) is 5. The molecule has 1 N–H and O–H groups in total. The van der Waals surface area contributed by atoms with E-state index in [-0.39, 0.29) is 11.5 Å². The quantitative estimate of drug-likeness (QED) is 0.407. The molecule has 0 bridgehead atoms. The van der Waals surface area contributed by atoms with Crippen molar-refractivity contribution in [2.45, 2.75) is 46.2 Å². The topological polar surface area (TPSA) is 85.1 Å². The van der Waals surface area contributed by atoms with E-state index in [1.54, 1.807) is 11.6 Å². The predicted molar refractivity (Wildman–Crippen MR) is 140 cm³/mol. The summed E-state index contributed by atoms with van der Waals surface area (Å²) >= 11 is 0. The van der Waals surface area contributed by atoms with Crippen LogP contribution in [0.1, 0.15) is 41.9 Å². The SMILES string of the molecule is Cc1nn([C@H](C)C(=O)NCCCN2CCc3ccccc3C2)c(=O)c2nn(-c3ccccc3)c(C)c12. The maximum absolute atomic E-state index is 13.3. The van der Waals surface area contributed by atoms with E-state index < -0.39 is 6.04 Å². The summed E-state index contributed by atoms with van der Waals surface area (Å²) < 4.78 is 3.02. The Morgan fingerprint density at radius 1 is 1.03 bits per heavy atom. The number of hydrogen-bond acceptors (Lipinski definition) is 5. The Hall–Kier alpha value is -3.78. The number of rotatable bonds is 7. The second-order valence-corrected chi connectivity index (χ2v) is 9.51. The maximum Gasteiger partial charge on any atom is 0.295 e. The summed E-state index contributed by atoms with van der Waals surface area (Å²) in [5, 5.41) is 12.8. The largest absolute Gasteiger partial charge is 0.354 e. The second-order valence-electron chi connectivity index (χ2n) is 9.51. The van der Waals surface area contributed by atoms with Crippen molar-refractivity contribution < 1.29 is 4.79 Å². The van der Waals surface area contributed by atoms with Gasteiger partial charge in [-0.3, -0.25) is 14.5 Å². The molecule has 5 rings (SSSR count). The number of aryl methyl sites for hydroxylation is 2. The lowest BCUT2D eigenvalue weighted by Gasteiger charge is -2.28. The zero-order valence-electron chi connectivity index (χ0n) is 21.1. The van der Waals surface area contributed by atoms with Crippen LogP contribution < -0.4 is 10.9 Å². The monoisotopic (exact) mass is 484 g/mol. The van der Waals surface area contributed by atoms with Crippen molar-refractivity contribution in [2.75, 3.05) is 19.6 Å². The molecule has 0 unspecified atom stereocenters. The van der Waals surface area contributed by atoms with E-state index >= 15 is 0 Å². The van der Waals surface area contributed by atoms with Gasteiger partial charge in [-0.05, 0) is 56.9 Å². The zero-order valence-corrected chi connectivity index (χ0v) is 21.1. The van der Waals surface area contributed by atoms with Crippen LogP contribution >= 0.6 is 0 Å². The molecular weight excluding hydrogens is 452 g/mol. The number of carbonyl (C=O) groups is 1. The average Bonchev–Trinajstić information content (AvgIpc) is 3.26. The summed E-state index contributed by atoms with van der Waals surface area (Å²) in [6.45, 7) is 8.95. The molecule has 8 nitrogen and oxygen atoms in total. The molecule has 186 valence electrons. The van der Waals surface area contributed by atoms with E-state index in [0.717, 1.165) is 49.2 Å². The molecule has 1 aliphatic heterocycles. The Balaban J connectivity index is 1.25. The number of aromatic nitrogens is 4. The highest BCUT2D eigenvalue weighted by atomic mass is 16.2. The Kier molecular flexibility index (Phi) is 6.69. The van der Waals surface area contributed by atoms with Crippen molar-refractivity contribution in [2.24, 2.45) is 0 Å². The highest BCUT2D eigenvalue weighted by Gasteiger charge is 2.23. The van der Waals surface area contributed by atoms with Gasteiger partial charge >= 0.3 is 0 Å². The van der Waals surface area contributed by atoms with Crippen LogP contribution in [-0.4, -0.2) is 50.0 Å². The van der Waals surface area contributed by atoms with Gasteiger partial charge in [0.05, 0.1) is 22.5 Å². The Morgan fingerprint density at radius 2 is 1.75 bits per heavy atom. The second kappa shape index (κ2) is 10.1. The van der Waals surface area contributed by atoms with E-state index in [0.29, 0.717) is 17.8 Å². The van der Waals surface area contributed by atoms with Gasteiger partial charge in [-0.15, -0.1) is 0 Å². The Morgan fingerprint density at radius 3 is 2.53 bits per heavy atom. The van der Waals surface area contributed by atoms with Crippen molar-refractivity contribution in [3.8, 4) is 5.69 Å². The van der Waals surface area contributed by atoms with Crippen LogP contribution in [0.3, 0.4) is 0 Å². The average molecular weight is 485 g/mol. The number of nitrogens with one attached hydrogen (secondary N) is 1. The van der Waals surface area contributed by atoms with E-state index in [4.69, 9.17) is 0 Å². The van der Waals surface area contributed by atoms with Gasteiger partial charge in [0, 0.05) is 26.2 Å². The highest BCUT2D eigenvalue weighted by molar-refractivity contribution is 5.84. The number of carbonyl (C=O) groups excluding carboxylic acids is 1. The first kappa shape index (κ1) is 23.9. The number of benzene rings is 2. The van der Waals surface area contributed by atoms with Gasteiger partial charge in [-0.2, -0.15) is 10.2 Å². The predicted octanol–water partition coefficient (Wildman–Crippen LogP) is 3.32. The minimum atomic E-state index is -0.732. The van der Waals surface area contributed by atoms with Gasteiger partial charge in [-0.25, -0.2) is 9.36 Å². The minimum absolute atomic E-state index is 0.216. The number of amides is 1. The molecular formula is C28H32N6O2. The van der Waals surface area contributed by atoms with Crippen molar-refractivity contribution >= 4 is 16.8 Å². The summed E-state index contributed by atoms with van der Waals surface area (Å²) in [4.78, 5) is 28.6. The Labute approximate surface area is 210 Å². The van der Waals surface area contributed by atoms with Gasteiger partial charge in [0.2, 0.25) is 5.91 Å². The van der Waals surface area contributed by atoms with Crippen LogP contribution in [-0.2, 0) is 17.8 Å². The Bertz CT molecular complexity index is 1460. The first-order chi connectivity index (χ1) is 17.4. The lowest BCUT2D eigenvalue weighted by atomic mass is 10.00. The highest BCUT2D eigenvalue weighted by Crippen LogP contribution is 2.22. The summed E-state index contributed by atoms with van der Waals surface area (Å²) in [5.74, 6) is -0.216. The molecule has 8 heteroatoms. The number of hydrogen-bond donors (Lipinski definition) is 1. The maximum atomic E-state index is 13.3. The molecule has 4 aromatic rings. The van der Waals surface area contributed by atoms with Crippen molar-refractivity contribution in [1.82, 2.24) is 29.8 Å². The van der Waals surface area contributed by atoms with E-state index in [9.17, 15) is 9.59 Å². The molecule has 2 aromatic heterocycles. The molecule has 1 aliphatic rings. The van der Waals surface area contributed by atoms with Gasteiger partial charge in [0.1, 0.15) is 6.04 Å². The fourth-order valence-electron chi connectivity index (χ4n) is 5.05. The van der Waals surface area contributed by atoms with Crippen LogP contribution in [0.25, 0.3) is 16.6 Å². The summed E-state index contributed by atoms with van der Waals surface area (Å²) in [7, 11) is 0. The number of fused-ring (bicyclic) bond motifs is 2. The molecule has 3 heterocycles. The lowest BCUT2D eigenvalue weighted by Crippen LogP contribution is -2.39. The normalized spacial score (nSPS) is 14.5. The van der Waals surface area contributed by atoms with Crippen molar-refractivity contribution in [1.29, 1.82) is 0 Å². The molecule has 36 heavy (non-hydrogen) atoms. The van der Waals surface area contributed by atoms with E-state index in [1.807, 2.05) is 44.2 Å². The molecule has 0 saturated carbocycles. The fourth-order valence-corrected chi connectivity index (χ4v) is 5.05. The molecule has 1 amide bonds. The summed E-state index contributed by atoms with van der Waals surface area (Å²) in [6.07, 6.45) is 1.91. The fraction of sp³-hybridized carbons (Fsp3) is 0.357. The van der Waals surface area contributed by atoms with Gasteiger partial charge in [0.15, 0.2) is 5.52 Å². The summed E-state index contributed by atoms with van der Waals surface area (Å²) in [6, 6.07) is 17.5. The first-order valence-corrected chi connectivity index (χ1v) is 12.5. The minimum Gasteiger partial charge on any atom is -0.354 e. The molecule has 2 aromatic carbocycles. The standard InChI is InChI=1S/C28H32N6O2/c1-19-25-20(2)33(24-12-5-4-6-13-24)31-26(25)28(36)34(30-19)21(3)27(35)29-15-9-16-32-17-14-22-10-7-8-11-23(22)18-32/h4-8,10-13,21H,9,14-18H2,1-3H3,(H,29,35)/t21-/m1/s1. The van der Waals surface area contributed by atoms with E-state index in [1.165, 1.54) is 15.8 Å². The molecule has 0 fully saturated rings. The summed E-state index contributed by atoms with van der Waals surface area (Å²) in [5.41, 5.74) is 5.20. The van der Waals surface area contributed by atoms with Crippen LogP contribution in [0.15, 0.2) is 59.4 Å². The third kappa shape index (κ3) is 4.56. The smallest absolute Gasteiger partial charge is 0.295 e. The number of para-hydroxylation sites is 1. The van der Waals surface area contributed by atoms with Crippen LogP contribution in [0.2, 0.25) is 0 Å². The van der Waals surface area contributed by atoms with Crippen LogP contribution in [0.5, 0.6) is 0 Å². The molecule has 1 atom stereocenters. The lowest BCUT2D eigenvalue weighted by molar-refractivity contribution is -0.124. The first-order valence-electron chi connectivity index (χ1n) is 12.5. The van der Waals surface area contributed by atoms with Crippen LogP contribution in [0.4, 0.5) is 0 Å². The third-order valence-corrected chi connectivity index (χ3v) is 7.05. The van der Waals surface area contributed by atoms with Crippen LogP contribution in [0, 0.1) is 13.8 Å². The van der Waals surface area contributed by atoms with Crippen molar-refractivity contribution in [3.05, 3.63) is 87.5 Å².